The summed E-state index contributed by atoms with van der Waals surface area (Å²) in [5.74, 6) is 1.59. The minimum atomic E-state index is 0.0761. The number of carbonyl (C=O) groups excluding carboxylic acids is 1. The Labute approximate surface area is 194 Å². The van der Waals surface area contributed by atoms with Crippen LogP contribution in [0.25, 0.3) is 10.8 Å². The molecule has 4 rings (SSSR count). The third-order valence-electron chi connectivity index (χ3n) is 6.31. The van der Waals surface area contributed by atoms with E-state index in [-0.39, 0.29) is 11.7 Å². The van der Waals surface area contributed by atoms with Gasteiger partial charge in [-0.05, 0) is 68.0 Å². The van der Waals surface area contributed by atoms with Crippen molar-refractivity contribution < 1.29 is 19.4 Å². The summed E-state index contributed by atoms with van der Waals surface area (Å²) in [5, 5.41) is 12.5. The van der Waals surface area contributed by atoms with Gasteiger partial charge in [-0.1, -0.05) is 18.2 Å². The molecule has 0 atom stereocenters. The fraction of sp³-hybridized carbons (Fsp3) is 0.333. The zero-order valence-corrected chi connectivity index (χ0v) is 19.5. The van der Waals surface area contributed by atoms with Gasteiger partial charge in [0.1, 0.15) is 5.75 Å². The monoisotopic (exact) mass is 446 g/mol. The maximum Gasteiger partial charge on any atom is 0.227 e. The van der Waals surface area contributed by atoms with Crippen molar-refractivity contribution in [1.29, 1.82) is 0 Å². The van der Waals surface area contributed by atoms with Gasteiger partial charge < -0.3 is 19.5 Å². The highest BCUT2D eigenvalue weighted by molar-refractivity contribution is 6.03. The van der Waals surface area contributed by atoms with Crippen molar-refractivity contribution in [3.05, 3.63) is 53.1 Å². The molecule has 1 aliphatic rings. The predicted molar refractivity (Wildman–Crippen MR) is 133 cm³/mol. The lowest BCUT2D eigenvalue weighted by Gasteiger charge is -2.19. The van der Waals surface area contributed by atoms with Gasteiger partial charge in [0.15, 0.2) is 11.5 Å². The van der Waals surface area contributed by atoms with Crippen LogP contribution in [0.4, 0.5) is 11.4 Å². The number of aryl methyl sites for hydroxylation is 2. The van der Waals surface area contributed by atoms with E-state index in [1.165, 1.54) is 0 Å². The Morgan fingerprint density at radius 2 is 1.97 bits per heavy atom. The SMILES string of the molecule is C=Nc1cc(OCCCCC(=O)N2CCc3c2cc(O)c2cccc(C)c32)c(OC)cc1C. The molecule has 0 aromatic heterocycles. The highest BCUT2D eigenvalue weighted by Crippen LogP contribution is 2.41. The van der Waals surface area contributed by atoms with Crippen LogP contribution in [0, 0.1) is 13.8 Å². The molecule has 3 aromatic rings. The number of phenolic OH excluding ortho intramolecular Hbond substituents is 1. The second-order valence-corrected chi connectivity index (χ2v) is 8.44. The van der Waals surface area contributed by atoms with Crippen LogP contribution in [0.2, 0.25) is 0 Å². The highest BCUT2D eigenvalue weighted by Gasteiger charge is 2.27. The summed E-state index contributed by atoms with van der Waals surface area (Å²) >= 11 is 0. The predicted octanol–water partition coefficient (Wildman–Crippen LogP) is 5.64. The maximum absolute atomic E-state index is 13.0. The Morgan fingerprint density at radius 3 is 2.73 bits per heavy atom. The average molecular weight is 447 g/mol. The van der Waals surface area contributed by atoms with Crippen molar-refractivity contribution in [2.24, 2.45) is 4.99 Å². The number of aliphatic imine (C=N–C) groups is 1. The first-order valence-electron chi connectivity index (χ1n) is 11.3. The molecule has 0 spiro atoms. The summed E-state index contributed by atoms with van der Waals surface area (Å²) in [6.07, 6.45) is 2.69. The number of fused-ring (bicyclic) bond motifs is 3. The van der Waals surface area contributed by atoms with Crippen molar-refractivity contribution >= 4 is 34.8 Å². The van der Waals surface area contributed by atoms with E-state index < -0.39 is 0 Å². The van der Waals surface area contributed by atoms with Gasteiger partial charge in [0, 0.05) is 30.5 Å². The molecule has 6 heteroatoms. The molecule has 1 N–H and O–H groups in total. The molecule has 1 heterocycles. The Kier molecular flexibility index (Phi) is 6.54. The number of ether oxygens (including phenoxy) is 2. The lowest BCUT2D eigenvalue weighted by molar-refractivity contribution is -0.118. The first-order chi connectivity index (χ1) is 15.9. The quantitative estimate of drug-likeness (QED) is 0.359. The van der Waals surface area contributed by atoms with E-state index in [9.17, 15) is 9.90 Å². The number of hydrogen-bond donors (Lipinski definition) is 1. The molecular formula is C27H30N2O4. The second kappa shape index (κ2) is 9.53. The third-order valence-corrected chi connectivity index (χ3v) is 6.31. The summed E-state index contributed by atoms with van der Waals surface area (Å²) in [7, 11) is 1.61. The molecule has 0 radical (unpaired) electrons. The fourth-order valence-corrected chi connectivity index (χ4v) is 4.59. The van der Waals surface area contributed by atoms with Gasteiger partial charge in [-0.15, -0.1) is 0 Å². The van der Waals surface area contributed by atoms with Crippen molar-refractivity contribution in [1.82, 2.24) is 0 Å². The largest absolute Gasteiger partial charge is 0.507 e. The average Bonchev–Trinajstić information content (AvgIpc) is 3.23. The molecule has 0 fully saturated rings. The molecular weight excluding hydrogens is 416 g/mol. The fourth-order valence-electron chi connectivity index (χ4n) is 4.59. The summed E-state index contributed by atoms with van der Waals surface area (Å²) in [4.78, 5) is 18.8. The van der Waals surface area contributed by atoms with Gasteiger partial charge in [0.2, 0.25) is 5.91 Å². The minimum absolute atomic E-state index is 0.0761. The highest BCUT2D eigenvalue weighted by atomic mass is 16.5. The van der Waals surface area contributed by atoms with E-state index in [2.05, 4.69) is 11.7 Å². The van der Waals surface area contributed by atoms with Crippen molar-refractivity contribution in [2.45, 2.75) is 39.5 Å². The molecule has 33 heavy (non-hydrogen) atoms. The Hall–Kier alpha value is -3.54. The van der Waals surface area contributed by atoms with Crippen molar-refractivity contribution in [3.63, 3.8) is 0 Å². The van der Waals surface area contributed by atoms with Gasteiger partial charge in [-0.2, -0.15) is 0 Å². The van der Waals surface area contributed by atoms with Gasteiger partial charge in [0.05, 0.1) is 25.1 Å². The van der Waals surface area contributed by atoms with E-state index in [1.54, 1.807) is 13.2 Å². The molecule has 1 amide bonds. The van der Waals surface area contributed by atoms with Gasteiger partial charge in [0.25, 0.3) is 0 Å². The molecule has 0 saturated heterocycles. The zero-order valence-electron chi connectivity index (χ0n) is 19.5. The molecule has 1 aliphatic heterocycles. The van der Waals surface area contributed by atoms with Crippen LogP contribution in [0.1, 0.15) is 36.0 Å². The van der Waals surface area contributed by atoms with Gasteiger partial charge in [-0.3, -0.25) is 9.79 Å². The van der Waals surface area contributed by atoms with E-state index in [4.69, 9.17) is 9.47 Å². The molecule has 3 aromatic carbocycles. The number of carbonyl (C=O) groups is 1. The number of benzene rings is 3. The van der Waals surface area contributed by atoms with Gasteiger partial charge in [-0.25, -0.2) is 0 Å². The number of unbranched alkanes of at least 4 members (excludes halogenated alkanes) is 1. The first kappa shape index (κ1) is 22.6. The summed E-state index contributed by atoms with van der Waals surface area (Å²) in [5.41, 5.74) is 4.84. The lowest BCUT2D eigenvalue weighted by atomic mass is 9.97. The lowest BCUT2D eigenvalue weighted by Crippen LogP contribution is -2.28. The number of anilines is 1. The minimum Gasteiger partial charge on any atom is -0.507 e. The molecule has 0 bridgehead atoms. The van der Waals surface area contributed by atoms with E-state index in [1.807, 2.05) is 49.1 Å². The number of amides is 1. The van der Waals surface area contributed by atoms with Crippen LogP contribution >= 0.6 is 0 Å². The standard InChI is InChI=1S/C27H30N2O4/c1-17-8-7-9-20-23(30)16-22-19(27(17)20)11-12-29(22)26(31)10-5-6-13-33-25-15-21(28-3)18(2)14-24(25)32-4/h7-9,14-16,30H,3,5-6,10-13H2,1-2,4H3. The second-order valence-electron chi connectivity index (χ2n) is 8.44. The molecule has 172 valence electrons. The van der Waals surface area contributed by atoms with Crippen LogP contribution in [0.3, 0.4) is 0 Å². The van der Waals surface area contributed by atoms with Crippen LogP contribution in [-0.4, -0.2) is 38.0 Å². The Bertz CT molecular complexity index is 1220. The first-order valence-corrected chi connectivity index (χ1v) is 11.3. The topological polar surface area (TPSA) is 71.4 Å². The molecule has 6 nitrogen and oxygen atoms in total. The van der Waals surface area contributed by atoms with Gasteiger partial charge >= 0.3 is 0 Å². The van der Waals surface area contributed by atoms with Crippen LogP contribution < -0.4 is 14.4 Å². The van der Waals surface area contributed by atoms with E-state index in [0.29, 0.717) is 37.5 Å². The van der Waals surface area contributed by atoms with Crippen LogP contribution in [0.5, 0.6) is 17.2 Å². The van der Waals surface area contributed by atoms with E-state index in [0.717, 1.165) is 51.7 Å². The Morgan fingerprint density at radius 1 is 1.15 bits per heavy atom. The Balaban J connectivity index is 1.37. The summed E-state index contributed by atoms with van der Waals surface area (Å²) < 4.78 is 11.3. The van der Waals surface area contributed by atoms with Crippen molar-refractivity contribution in [2.75, 3.05) is 25.2 Å². The molecule has 0 unspecified atom stereocenters. The van der Waals surface area contributed by atoms with Crippen molar-refractivity contribution in [3.8, 4) is 17.2 Å². The molecule has 0 saturated carbocycles. The van der Waals surface area contributed by atoms with E-state index >= 15 is 0 Å². The van der Waals surface area contributed by atoms with Crippen LogP contribution in [0.15, 0.2) is 41.4 Å². The smallest absolute Gasteiger partial charge is 0.227 e. The number of methoxy groups -OCH3 is 1. The number of rotatable bonds is 8. The number of hydrogen-bond acceptors (Lipinski definition) is 5. The zero-order chi connectivity index (χ0) is 23.5. The maximum atomic E-state index is 13.0. The number of aromatic hydroxyl groups is 1. The number of nitrogens with zero attached hydrogens (tertiary/aromatic N) is 2. The number of phenols is 1. The van der Waals surface area contributed by atoms with Crippen LogP contribution in [-0.2, 0) is 11.2 Å². The summed E-state index contributed by atoms with van der Waals surface area (Å²) in [6, 6.07) is 11.4. The molecule has 0 aliphatic carbocycles. The third kappa shape index (κ3) is 4.38. The summed E-state index contributed by atoms with van der Waals surface area (Å²) in [6.45, 7) is 8.71. The normalized spacial score (nSPS) is 12.6.